The Morgan fingerprint density at radius 3 is 2.73 bits per heavy atom. The van der Waals surface area contributed by atoms with Crippen molar-refractivity contribution in [3.05, 3.63) is 34.9 Å². The van der Waals surface area contributed by atoms with Crippen LogP contribution in [0.2, 0.25) is 0 Å². The number of hydrogen-bond acceptors (Lipinski definition) is 3. The van der Waals surface area contributed by atoms with Crippen molar-refractivity contribution in [2.45, 2.75) is 32.4 Å². The summed E-state index contributed by atoms with van der Waals surface area (Å²) in [6.07, 6.45) is 1.38. The van der Waals surface area contributed by atoms with Crippen molar-refractivity contribution < 1.29 is 14.4 Å². The van der Waals surface area contributed by atoms with Gasteiger partial charge in [-0.2, -0.15) is 0 Å². The van der Waals surface area contributed by atoms with E-state index in [9.17, 15) is 14.4 Å². The largest absolute Gasteiger partial charge is 0.357 e. The van der Waals surface area contributed by atoms with E-state index in [0.717, 1.165) is 17.4 Å². The van der Waals surface area contributed by atoms with Crippen molar-refractivity contribution in [3.8, 4) is 0 Å². The molecule has 1 aromatic rings. The molecular formula is C15H18B2N2O3. The predicted octanol–water partition coefficient (Wildman–Crippen LogP) is 0.283. The van der Waals surface area contributed by atoms with Crippen molar-refractivity contribution in [3.63, 3.8) is 0 Å². The molecule has 1 aromatic carbocycles. The third-order valence-electron chi connectivity index (χ3n) is 3.58. The summed E-state index contributed by atoms with van der Waals surface area (Å²) in [6.45, 7) is 2.39. The Bertz CT molecular complexity index is 564. The fourth-order valence-electron chi connectivity index (χ4n) is 2.54. The summed E-state index contributed by atoms with van der Waals surface area (Å²) in [5.41, 5.74) is 2.67. The highest BCUT2D eigenvalue weighted by molar-refractivity contribution is 6.75. The number of hydrogen-bond donors (Lipinski definition) is 1. The van der Waals surface area contributed by atoms with Gasteiger partial charge in [0.2, 0.25) is 5.91 Å². The van der Waals surface area contributed by atoms with E-state index in [0.29, 0.717) is 18.5 Å². The summed E-state index contributed by atoms with van der Waals surface area (Å²) < 4.78 is 0. The highest BCUT2D eigenvalue weighted by Gasteiger charge is 2.35. The minimum Gasteiger partial charge on any atom is -0.357 e. The van der Waals surface area contributed by atoms with Gasteiger partial charge in [-0.3, -0.25) is 9.59 Å². The Balaban J connectivity index is 0.00000116. The molecule has 2 amide bonds. The zero-order valence-corrected chi connectivity index (χ0v) is 12.8. The Morgan fingerprint density at radius 1 is 1.45 bits per heavy atom. The fourth-order valence-corrected chi connectivity index (χ4v) is 2.54. The Labute approximate surface area is 133 Å². The van der Waals surface area contributed by atoms with E-state index in [1.807, 2.05) is 19.1 Å². The molecule has 22 heavy (non-hydrogen) atoms. The van der Waals surface area contributed by atoms with Gasteiger partial charge >= 0.3 is 0 Å². The first-order valence-electron chi connectivity index (χ1n) is 6.97. The van der Waals surface area contributed by atoms with Gasteiger partial charge in [-0.1, -0.05) is 17.7 Å². The minimum atomic E-state index is -0.592. The van der Waals surface area contributed by atoms with Gasteiger partial charge in [0, 0.05) is 41.1 Å². The first kappa shape index (κ1) is 18.0. The Kier molecular flexibility index (Phi) is 6.89. The zero-order chi connectivity index (χ0) is 16.7. The quantitative estimate of drug-likeness (QED) is 0.627. The van der Waals surface area contributed by atoms with Crippen molar-refractivity contribution in [2.24, 2.45) is 0 Å². The van der Waals surface area contributed by atoms with Crippen molar-refractivity contribution in [2.75, 3.05) is 7.05 Å². The van der Waals surface area contributed by atoms with Crippen LogP contribution in [-0.4, -0.2) is 51.6 Å². The summed E-state index contributed by atoms with van der Waals surface area (Å²) in [6, 6.07) is 5.06. The molecule has 0 saturated carbocycles. The van der Waals surface area contributed by atoms with E-state index in [1.54, 1.807) is 11.0 Å². The standard InChI is InChI=1S/C15H18N2O3.B2/c1-10-5-6-12-11(8-10)9-17(15(12)20)13(4-3-7-18)14(19)16-2;1-2/h5-8,13H,3-4,9H2,1-2H3,(H,16,19);. The summed E-state index contributed by atoms with van der Waals surface area (Å²) in [5, 5.41) is 2.56. The number of aryl methyl sites for hydroxylation is 1. The van der Waals surface area contributed by atoms with E-state index < -0.39 is 6.04 Å². The number of benzene rings is 1. The van der Waals surface area contributed by atoms with Crippen LogP contribution in [0.4, 0.5) is 0 Å². The van der Waals surface area contributed by atoms with Gasteiger partial charge in [-0.25, -0.2) is 0 Å². The fraction of sp³-hybridized carbons (Fsp3) is 0.400. The van der Waals surface area contributed by atoms with Gasteiger partial charge in [-0.15, -0.1) is 0 Å². The molecular weight excluding hydrogens is 278 g/mol. The van der Waals surface area contributed by atoms with Crippen LogP contribution < -0.4 is 5.32 Å². The lowest BCUT2D eigenvalue weighted by Gasteiger charge is -2.25. The van der Waals surface area contributed by atoms with Crippen molar-refractivity contribution in [1.29, 1.82) is 0 Å². The molecule has 0 bridgehead atoms. The molecule has 0 saturated heterocycles. The molecule has 7 heteroatoms. The van der Waals surface area contributed by atoms with Crippen molar-refractivity contribution in [1.82, 2.24) is 10.2 Å². The second kappa shape index (κ2) is 8.41. The zero-order valence-electron chi connectivity index (χ0n) is 12.8. The molecule has 1 heterocycles. The van der Waals surface area contributed by atoms with Crippen LogP contribution in [0.25, 0.3) is 0 Å². The smallest absolute Gasteiger partial charge is 0.255 e. The topological polar surface area (TPSA) is 66.5 Å². The average Bonchev–Trinajstić information content (AvgIpc) is 2.85. The molecule has 1 N–H and O–H groups in total. The highest BCUT2D eigenvalue weighted by Crippen LogP contribution is 2.26. The maximum Gasteiger partial charge on any atom is 0.255 e. The first-order chi connectivity index (χ1) is 10.6. The van der Waals surface area contributed by atoms with Crippen LogP contribution in [0.1, 0.15) is 34.3 Å². The molecule has 1 unspecified atom stereocenters. The number of aldehydes is 1. The summed E-state index contributed by atoms with van der Waals surface area (Å²) in [5.74, 6) is -0.371. The number of carbonyl (C=O) groups excluding carboxylic acids is 3. The minimum absolute atomic E-state index is 0.139. The lowest BCUT2D eigenvalue weighted by atomic mass is 9.81. The number of fused-ring (bicyclic) bond motifs is 1. The molecule has 0 aromatic heterocycles. The lowest BCUT2D eigenvalue weighted by Crippen LogP contribution is -2.46. The van der Waals surface area contributed by atoms with Crippen LogP contribution in [0, 0.1) is 6.92 Å². The first-order valence-corrected chi connectivity index (χ1v) is 6.97. The number of likely N-dealkylation sites (N-methyl/N-ethyl adjacent to an activating group) is 1. The van der Waals surface area contributed by atoms with Crippen LogP contribution >= 0.6 is 0 Å². The third-order valence-corrected chi connectivity index (χ3v) is 3.58. The van der Waals surface area contributed by atoms with Gasteiger partial charge in [0.15, 0.2) is 0 Å². The number of carbonyl (C=O) groups is 3. The number of nitrogens with one attached hydrogen (secondary N) is 1. The molecule has 5 nitrogen and oxygen atoms in total. The SMILES string of the molecule is CNC(=O)C(CCC=O)N1Cc2cc(C)ccc2C1=O.[B][B]. The molecule has 1 aliphatic rings. The van der Waals surface area contributed by atoms with Gasteiger partial charge in [0.25, 0.3) is 5.91 Å². The average molecular weight is 296 g/mol. The summed E-state index contributed by atoms with van der Waals surface area (Å²) >= 11 is 0. The second-order valence-electron chi connectivity index (χ2n) is 4.97. The van der Waals surface area contributed by atoms with Crippen LogP contribution in [0.15, 0.2) is 18.2 Å². The van der Waals surface area contributed by atoms with E-state index in [1.165, 1.54) is 7.05 Å². The second-order valence-corrected chi connectivity index (χ2v) is 4.97. The Morgan fingerprint density at radius 2 is 2.14 bits per heavy atom. The highest BCUT2D eigenvalue weighted by atomic mass is 16.2. The van der Waals surface area contributed by atoms with Gasteiger partial charge in [-0.05, 0) is 25.0 Å². The summed E-state index contributed by atoms with van der Waals surface area (Å²) in [7, 11) is 9.54. The van der Waals surface area contributed by atoms with E-state index in [-0.39, 0.29) is 18.2 Å². The van der Waals surface area contributed by atoms with E-state index >= 15 is 0 Å². The van der Waals surface area contributed by atoms with Crippen molar-refractivity contribution >= 4 is 33.6 Å². The molecule has 112 valence electrons. The predicted molar refractivity (Wildman–Crippen MR) is 85.7 cm³/mol. The van der Waals surface area contributed by atoms with Gasteiger partial charge in [0.1, 0.15) is 12.3 Å². The maximum absolute atomic E-state index is 12.4. The lowest BCUT2D eigenvalue weighted by molar-refractivity contribution is -0.125. The summed E-state index contributed by atoms with van der Waals surface area (Å²) in [4.78, 5) is 36.4. The third kappa shape index (κ3) is 3.78. The number of nitrogens with zero attached hydrogens (tertiary/aromatic N) is 1. The number of rotatable bonds is 5. The van der Waals surface area contributed by atoms with Crippen LogP contribution in [0.5, 0.6) is 0 Å². The van der Waals surface area contributed by atoms with Crippen LogP contribution in [-0.2, 0) is 16.1 Å². The van der Waals surface area contributed by atoms with E-state index in [2.05, 4.69) is 20.8 Å². The molecule has 0 aliphatic carbocycles. The maximum atomic E-state index is 12.4. The molecule has 1 atom stereocenters. The normalized spacial score (nSPS) is 13.7. The molecule has 0 fully saturated rings. The molecule has 2 rings (SSSR count). The van der Waals surface area contributed by atoms with Crippen LogP contribution in [0.3, 0.4) is 0 Å². The Hall–Kier alpha value is -2.04. The van der Waals surface area contributed by atoms with Gasteiger partial charge < -0.3 is 15.0 Å². The van der Waals surface area contributed by atoms with Gasteiger partial charge in [0.05, 0.1) is 0 Å². The molecule has 4 radical (unpaired) electrons. The number of amides is 2. The van der Waals surface area contributed by atoms with E-state index in [4.69, 9.17) is 0 Å². The molecule has 1 aliphatic heterocycles. The monoisotopic (exact) mass is 296 g/mol. The molecule has 0 spiro atoms.